The summed E-state index contributed by atoms with van der Waals surface area (Å²) in [5.74, 6) is 1.11. The van der Waals surface area contributed by atoms with Crippen LogP contribution in [0.3, 0.4) is 0 Å². The van der Waals surface area contributed by atoms with Crippen LogP contribution in [0.4, 0.5) is 5.82 Å². The van der Waals surface area contributed by atoms with E-state index >= 15 is 0 Å². The van der Waals surface area contributed by atoms with Crippen molar-refractivity contribution in [1.29, 1.82) is 0 Å². The normalized spacial score (nSPS) is 24.6. The molecule has 0 radical (unpaired) electrons. The molecule has 0 saturated carbocycles. The predicted octanol–water partition coefficient (Wildman–Crippen LogP) is 3.24. The number of nitrogens with zero attached hydrogens (tertiary/aromatic N) is 6. The molecule has 1 spiro atoms. The summed E-state index contributed by atoms with van der Waals surface area (Å²) >= 11 is 8.16. The van der Waals surface area contributed by atoms with E-state index in [-0.39, 0.29) is 23.1 Å². The Labute approximate surface area is 239 Å². The van der Waals surface area contributed by atoms with Crippen LogP contribution in [-0.4, -0.2) is 74.8 Å². The Hall–Kier alpha value is -2.77. The first-order chi connectivity index (χ1) is 19.4. The number of aromatic nitrogens is 6. The van der Waals surface area contributed by atoms with Crippen LogP contribution in [0.5, 0.6) is 0 Å². The number of halogens is 1. The second-order valence-electron chi connectivity index (χ2n) is 11.2. The predicted molar refractivity (Wildman–Crippen MR) is 153 cm³/mol. The smallest absolute Gasteiger partial charge is 0.262 e. The number of nitrogens with two attached hydrogens (primary N) is 1. The van der Waals surface area contributed by atoms with Gasteiger partial charge in [0.05, 0.1) is 47.8 Å². The molecule has 40 heavy (non-hydrogen) atoms. The van der Waals surface area contributed by atoms with Gasteiger partial charge in [-0.25, -0.2) is 15.0 Å². The molecule has 3 N–H and O–H groups in total. The van der Waals surface area contributed by atoms with E-state index in [1.54, 1.807) is 17.1 Å². The molecule has 3 atom stereocenters. The van der Waals surface area contributed by atoms with Gasteiger partial charge in [0, 0.05) is 48.5 Å². The van der Waals surface area contributed by atoms with Crippen molar-refractivity contribution in [3.8, 4) is 0 Å². The van der Waals surface area contributed by atoms with E-state index in [4.69, 9.17) is 36.8 Å². The molecule has 3 fully saturated rings. The Morgan fingerprint density at radius 3 is 2.88 bits per heavy atom. The number of hydrogen-bond acceptors (Lipinski definition) is 10. The van der Waals surface area contributed by atoms with Crippen molar-refractivity contribution in [3.05, 3.63) is 40.0 Å². The van der Waals surface area contributed by atoms with E-state index in [0.29, 0.717) is 56.1 Å². The van der Waals surface area contributed by atoms with Gasteiger partial charge < -0.3 is 20.1 Å². The number of rotatable bonds is 5. The highest BCUT2D eigenvalue weighted by molar-refractivity contribution is 7.99. The fraction of sp³-hybridized carbons (Fsp3) is 0.519. The highest BCUT2D eigenvalue weighted by Crippen LogP contribution is 2.42. The lowest BCUT2D eigenvalue weighted by molar-refractivity contribution is 0.0974. The molecule has 1 unspecified atom stereocenters. The van der Waals surface area contributed by atoms with Crippen molar-refractivity contribution >= 4 is 51.2 Å². The summed E-state index contributed by atoms with van der Waals surface area (Å²) in [4.78, 5) is 30.3. The van der Waals surface area contributed by atoms with Gasteiger partial charge in [-0.1, -0.05) is 23.4 Å². The first kappa shape index (κ1) is 26.1. The second kappa shape index (κ2) is 10.3. The molecule has 7 rings (SSSR count). The molecule has 0 amide bonds. The second-order valence-corrected chi connectivity index (χ2v) is 12.6. The van der Waals surface area contributed by atoms with Crippen LogP contribution in [0, 0.1) is 11.3 Å². The summed E-state index contributed by atoms with van der Waals surface area (Å²) in [6.45, 7) is 6.44. The van der Waals surface area contributed by atoms with Crippen LogP contribution < -0.4 is 16.2 Å². The zero-order valence-corrected chi connectivity index (χ0v) is 23.7. The molecular formula is C27H31ClN8O3S. The first-order valence-electron chi connectivity index (χ1n) is 13.7. The largest absolute Gasteiger partial charge is 0.381 e. The molecule has 3 aliphatic rings. The van der Waals surface area contributed by atoms with Gasteiger partial charge in [0.1, 0.15) is 11.3 Å². The number of benzene rings is 1. The van der Waals surface area contributed by atoms with Gasteiger partial charge in [-0.3, -0.25) is 14.5 Å². The third kappa shape index (κ3) is 4.46. The maximum atomic E-state index is 13.3. The van der Waals surface area contributed by atoms with Crippen LogP contribution in [0.1, 0.15) is 26.2 Å². The summed E-state index contributed by atoms with van der Waals surface area (Å²) in [7, 11) is 0. The highest BCUT2D eigenvalue weighted by Gasteiger charge is 2.47. The number of nitrogens with one attached hydrogen (secondary N) is 1. The van der Waals surface area contributed by atoms with Crippen molar-refractivity contribution in [2.24, 2.45) is 17.1 Å². The van der Waals surface area contributed by atoms with Crippen LogP contribution >= 0.6 is 23.4 Å². The fourth-order valence-corrected chi connectivity index (χ4v) is 7.38. The number of anilines is 1. The van der Waals surface area contributed by atoms with Gasteiger partial charge in [0.25, 0.3) is 5.56 Å². The molecular weight excluding hydrogens is 552 g/mol. The third-order valence-corrected chi connectivity index (χ3v) is 10.3. The highest BCUT2D eigenvalue weighted by atomic mass is 35.5. The van der Waals surface area contributed by atoms with E-state index in [1.165, 1.54) is 11.8 Å². The average molecular weight is 583 g/mol. The van der Waals surface area contributed by atoms with Crippen LogP contribution in [0.2, 0.25) is 5.02 Å². The van der Waals surface area contributed by atoms with Crippen molar-refractivity contribution in [3.63, 3.8) is 0 Å². The van der Waals surface area contributed by atoms with Gasteiger partial charge in [0.2, 0.25) is 0 Å². The van der Waals surface area contributed by atoms with E-state index in [0.717, 1.165) is 51.4 Å². The first-order valence-corrected chi connectivity index (χ1v) is 14.9. The van der Waals surface area contributed by atoms with E-state index in [1.807, 2.05) is 12.1 Å². The number of fused-ring (bicyclic) bond motifs is 2. The number of ether oxygens (including phenoxy) is 2. The van der Waals surface area contributed by atoms with Gasteiger partial charge in [-0.15, -0.1) is 0 Å². The molecule has 0 bridgehead atoms. The molecule has 6 heterocycles. The standard InChI is InChI=1S/C27H31ClN8O3S/c1-15-23(29)27(13-39-15)5-7-35(8-6-27)19-10-30-22-24(32-19)33-34-25(22)40-18-3-2-17-20(21(18)28)26(37)36(14-31-17)11-16-4-9-38-12-16/h2-3,10,14-16,23H,4-9,11-13,29H2,1H3,(H,32,33,34)/t15-,16?,23+/m0/s1. The van der Waals surface area contributed by atoms with E-state index < -0.39 is 0 Å². The molecule has 4 aromatic rings. The Morgan fingerprint density at radius 2 is 2.12 bits per heavy atom. The zero-order chi connectivity index (χ0) is 27.4. The van der Waals surface area contributed by atoms with E-state index in [2.05, 4.69) is 27.0 Å². The zero-order valence-electron chi connectivity index (χ0n) is 22.2. The minimum absolute atomic E-state index is 0.0496. The van der Waals surface area contributed by atoms with Crippen molar-refractivity contribution < 1.29 is 9.47 Å². The fourth-order valence-electron chi connectivity index (χ4n) is 6.15. The van der Waals surface area contributed by atoms with Crippen LogP contribution in [-0.2, 0) is 16.0 Å². The summed E-state index contributed by atoms with van der Waals surface area (Å²) in [5.41, 5.74) is 8.21. The molecule has 0 aliphatic carbocycles. The van der Waals surface area contributed by atoms with Crippen LogP contribution in [0.25, 0.3) is 22.1 Å². The minimum Gasteiger partial charge on any atom is -0.381 e. The summed E-state index contributed by atoms with van der Waals surface area (Å²) in [6, 6.07) is 3.75. The van der Waals surface area contributed by atoms with Crippen molar-refractivity contribution in [2.75, 3.05) is 37.8 Å². The Balaban J connectivity index is 1.11. The third-order valence-electron chi connectivity index (χ3n) is 8.74. The maximum Gasteiger partial charge on any atom is 0.262 e. The SMILES string of the molecule is C[C@@H]1OCC2(CCN(c3cnc4c(Sc5ccc6ncn(CC7CCOC7)c(=O)c6c5Cl)n[nH]c4n3)CC2)[C@@H]1N. The maximum absolute atomic E-state index is 13.3. The van der Waals surface area contributed by atoms with Gasteiger partial charge in [-0.05, 0) is 38.3 Å². The van der Waals surface area contributed by atoms with Gasteiger partial charge in [-0.2, -0.15) is 5.10 Å². The average Bonchev–Trinajstić information content (AvgIpc) is 3.69. The Bertz CT molecular complexity index is 1630. The lowest BCUT2D eigenvalue weighted by atomic mass is 9.73. The summed E-state index contributed by atoms with van der Waals surface area (Å²) < 4.78 is 13.0. The van der Waals surface area contributed by atoms with Gasteiger partial charge in [0.15, 0.2) is 10.7 Å². The monoisotopic (exact) mass is 582 g/mol. The van der Waals surface area contributed by atoms with Crippen molar-refractivity contribution in [2.45, 2.75) is 54.8 Å². The Kier molecular flexibility index (Phi) is 6.70. The van der Waals surface area contributed by atoms with Gasteiger partial charge >= 0.3 is 0 Å². The lowest BCUT2D eigenvalue weighted by Crippen LogP contribution is -2.50. The summed E-state index contributed by atoms with van der Waals surface area (Å²) in [5, 5.41) is 8.91. The van der Waals surface area contributed by atoms with E-state index in [9.17, 15) is 4.79 Å². The molecule has 3 aliphatic heterocycles. The quantitative estimate of drug-likeness (QED) is 0.361. The molecule has 11 nitrogen and oxygen atoms in total. The number of piperidine rings is 1. The molecule has 210 valence electrons. The molecule has 1 aromatic carbocycles. The minimum atomic E-state index is -0.149. The number of H-pyrrole nitrogens is 1. The van der Waals surface area contributed by atoms with Crippen molar-refractivity contribution in [1.82, 2.24) is 29.7 Å². The number of hydrogen-bond donors (Lipinski definition) is 2. The molecule has 3 saturated heterocycles. The topological polar surface area (TPSA) is 137 Å². The summed E-state index contributed by atoms with van der Waals surface area (Å²) in [6.07, 6.45) is 6.36. The number of aromatic amines is 1. The Morgan fingerprint density at radius 1 is 1.27 bits per heavy atom. The molecule has 13 heteroatoms. The molecule has 3 aromatic heterocycles. The lowest BCUT2D eigenvalue weighted by Gasteiger charge is -2.41. The van der Waals surface area contributed by atoms with Crippen LogP contribution in [0.15, 0.2) is 39.4 Å².